The average molecular weight is 259 g/mol. The molecule has 1 N–H and O–H groups in total. The first kappa shape index (κ1) is 11.6. The molecule has 0 unspecified atom stereocenters. The number of carboxylic acids is 1. The van der Waals surface area contributed by atoms with Crippen molar-refractivity contribution in [2.24, 2.45) is 0 Å². The van der Waals surface area contributed by atoms with Gasteiger partial charge in [0, 0.05) is 5.56 Å². The van der Waals surface area contributed by atoms with Gasteiger partial charge < -0.3 is 5.11 Å². The second-order valence-electron chi connectivity index (χ2n) is 3.06. The summed E-state index contributed by atoms with van der Waals surface area (Å²) in [6.07, 6.45) is 0. The Hall–Kier alpha value is -1.89. The molecule has 0 fully saturated rings. The van der Waals surface area contributed by atoms with Crippen LogP contribution in [0.2, 0.25) is 0 Å². The third-order valence-corrected chi connectivity index (χ3v) is 2.87. The zero-order chi connectivity index (χ0) is 12.6. The van der Waals surface area contributed by atoms with Crippen molar-refractivity contribution >= 4 is 17.3 Å². The van der Waals surface area contributed by atoms with Crippen molar-refractivity contribution in [2.45, 2.75) is 0 Å². The first-order valence-electron chi connectivity index (χ1n) is 4.33. The summed E-state index contributed by atoms with van der Waals surface area (Å²) in [6.45, 7) is 0. The molecule has 17 heavy (non-hydrogen) atoms. The van der Waals surface area contributed by atoms with Gasteiger partial charge in [-0.05, 0) is 12.1 Å². The SMILES string of the molecule is O=C(O)c1scnc1-c1ccc(F)c(F)c1F. The van der Waals surface area contributed by atoms with Crippen LogP contribution < -0.4 is 0 Å². The first-order chi connectivity index (χ1) is 8.02. The lowest BCUT2D eigenvalue weighted by Gasteiger charge is -2.02. The molecule has 0 saturated carbocycles. The Morgan fingerprint density at radius 1 is 1.24 bits per heavy atom. The molecule has 3 nitrogen and oxygen atoms in total. The fourth-order valence-electron chi connectivity index (χ4n) is 1.30. The van der Waals surface area contributed by atoms with Crippen LogP contribution in [0.1, 0.15) is 9.67 Å². The van der Waals surface area contributed by atoms with E-state index in [1.165, 1.54) is 5.51 Å². The highest BCUT2D eigenvalue weighted by atomic mass is 32.1. The van der Waals surface area contributed by atoms with E-state index in [4.69, 9.17) is 5.11 Å². The van der Waals surface area contributed by atoms with Crippen LogP contribution in [0.15, 0.2) is 17.6 Å². The summed E-state index contributed by atoms with van der Waals surface area (Å²) in [5.74, 6) is -5.73. The highest BCUT2D eigenvalue weighted by molar-refractivity contribution is 7.12. The van der Waals surface area contributed by atoms with E-state index in [0.717, 1.165) is 23.5 Å². The van der Waals surface area contributed by atoms with E-state index in [2.05, 4.69) is 4.98 Å². The van der Waals surface area contributed by atoms with Crippen LogP contribution in [-0.4, -0.2) is 16.1 Å². The van der Waals surface area contributed by atoms with Crippen LogP contribution in [0.25, 0.3) is 11.3 Å². The Labute approximate surface area is 97.2 Å². The number of nitrogens with zero attached hydrogens (tertiary/aromatic N) is 1. The van der Waals surface area contributed by atoms with Gasteiger partial charge in [-0.3, -0.25) is 0 Å². The number of carboxylic acid groups (broad SMARTS) is 1. The maximum atomic E-state index is 13.4. The monoisotopic (exact) mass is 259 g/mol. The topological polar surface area (TPSA) is 50.2 Å². The predicted octanol–water partition coefficient (Wildman–Crippen LogP) is 2.93. The maximum absolute atomic E-state index is 13.4. The van der Waals surface area contributed by atoms with Gasteiger partial charge >= 0.3 is 5.97 Å². The summed E-state index contributed by atoms with van der Waals surface area (Å²) in [7, 11) is 0. The lowest BCUT2D eigenvalue weighted by molar-refractivity contribution is 0.0702. The Balaban J connectivity index is 2.65. The van der Waals surface area contributed by atoms with Crippen molar-refractivity contribution in [2.75, 3.05) is 0 Å². The van der Waals surface area contributed by atoms with Gasteiger partial charge in [-0.1, -0.05) is 0 Å². The summed E-state index contributed by atoms with van der Waals surface area (Å²) >= 11 is 0.778. The summed E-state index contributed by atoms with van der Waals surface area (Å²) in [4.78, 5) is 14.2. The molecule has 0 aliphatic rings. The number of thiazole rings is 1. The molecule has 1 aromatic carbocycles. The first-order valence-corrected chi connectivity index (χ1v) is 5.21. The van der Waals surface area contributed by atoms with E-state index >= 15 is 0 Å². The third kappa shape index (κ3) is 1.89. The summed E-state index contributed by atoms with van der Waals surface area (Å²) in [5, 5.41) is 8.81. The number of halogens is 3. The van der Waals surface area contributed by atoms with E-state index in [1.807, 2.05) is 0 Å². The van der Waals surface area contributed by atoms with E-state index in [-0.39, 0.29) is 16.1 Å². The second-order valence-corrected chi connectivity index (χ2v) is 3.91. The molecule has 88 valence electrons. The Morgan fingerprint density at radius 2 is 1.94 bits per heavy atom. The Morgan fingerprint density at radius 3 is 2.59 bits per heavy atom. The number of rotatable bonds is 2. The molecule has 1 heterocycles. The highest BCUT2D eigenvalue weighted by Crippen LogP contribution is 2.29. The maximum Gasteiger partial charge on any atom is 0.348 e. The summed E-state index contributed by atoms with van der Waals surface area (Å²) in [6, 6.07) is 1.67. The van der Waals surface area contributed by atoms with Crippen LogP contribution in [0.3, 0.4) is 0 Å². The second kappa shape index (κ2) is 4.17. The molecule has 0 saturated heterocycles. The largest absolute Gasteiger partial charge is 0.477 e. The van der Waals surface area contributed by atoms with Gasteiger partial charge in [-0.2, -0.15) is 0 Å². The molecule has 0 atom stereocenters. The van der Waals surface area contributed by atoms with E-state index in [9.17, 15) is 18.0 Å². The molecule has 0 radical (unpaired) electrons. The molecule has 7 heteroatoms. The summed E-state index contributed by atoms with van der Waals surface area (Å²) in [5.41, 5.74) is 0.612. The zero-order valence-corrected chi connectivity index (χ0v) is 8.89. The van der Waals surface area contributed by atoms with Crippen molar-refractivity contribution in [1.82, 2.24) is 4.98 Å². The van der Waals surface area contributed by atoms with Crippen LogP contribution >= 0.6 is 11.3 Å². The third-order valence-electron chi connectivity index (χ3n) is 2.05. The van der Waals surface area contributed by atoms with Crippen LogP contribution in [-0.2, 0) is 0 Å². The van der Waals surface area contributed by atoms with E-state index in [1.54, 1.807) is 0 Å². The van der Waals surface area contributed by atoms with Gasteiger partial charge in [0.1, 0.15) is 4.88 Å². The number of aromatic carboxylic acids is 1. The molecule has 1 aromatic heterocycles. The smallest absolute Gasteiger partial charge is 0.348 e. The standard InChI is InChI=1S/C10H4F3NO2S/c11-5-2-1-4(6(12)7(5)13)8-9(10(15)16)17-3-14-8/h1-3H,(H,15,16). The molecular formula is C10H4F3NO2S. The van der Waals surface area contributed by atoms with Crippen LogP contribution in [0, 0.1) is 17.5 Å². The number of hydrogen-bond donors (Lipinski definition) is 1. The van der Waals surface area contributed by atoms with Crippen LogP contribution in [0.4, 0.5) is 13.2 Å². The molecular weight excluding hydrogens is 255 g/mol. The Bertz CT molecular complexity index is 597. The van der Waals surface area contributed by atoms with Crippen molar-refractivity contribution < 1.29 is 23.1 Å². The van der Waals surface area contributed by atoms with Gasteiger partial charge in [0.15, 0.2) is 17.5 Å². The summed E-state index contributed by atoms with van der Waals surface area (Å²) < 4.78 is 39.1. The van der Waals surface area contributed by atoms with E-state index < -0.39 is 23.4 Å². The van der Waals surface area contributed by atoms with Crippen molar-refractivity contribution in [1.29, 1.82) is 0 Å². The fraction of sp³-hybridized carbons (Fsp3) is 0. The minimum Gasteiger partial charge on any atom is -0.477 e. The van der Waals surface area contributed by atoms with Gasteiger partial charge in [-0.15, -0.1) is 11.3 Å². The number of benzene rings is 1. The van der Waals surface area contributed by atoms with Gasteiger partial charge in [0.05, 0.1) is 11.2 Å². The van der Waals surface area contributed by atoms with E-state index in [0.29, 0.717) is 0 Å². The highest BCUT2D eigenvalue weighted by Gasteiger charge is 2.21. The van der Waals surface area contributed by atoms with Crippen LogP contribution in [0.5, 0.6) is 0 Å². The molecule has 2 aromatic rings. The lowest BCUT2D eigenvalue weighted by atomic mass is 10.1. The van der Waals surface area contributed by atoms with Crippen molar-refractivity contribution in [3.05, 3.63) is 40.0 Å². The zero-order valence-electron chi connectivity index (χ0n) is 8.08. The number of aromatic nitrogens is 1. The Kier molecular flexibility index (Phi) is 2.84. The normalized spacial score (nSPS) is 10.5. The fourth-order valence-corrected chi connectivity index (χ4v) is 1.94. The van der Waals surface area contributed by atoms with Crippen molar-refractivity contribution in [3.63, 3.8) is 0 Å². The molecule has 0 amide bonds. The average Bonchev–Trinajstić information content (AvgIpc) is 2.75. The number of hydrogen-bond acceptors (Lipinski definition) is 3. The van der Waals surface area contributed by atoms with Gasteiger partial charge in [0.2, 0.25) is 0 Å². The number of carbonyl (C=O) groups is 1. The molecule has 0 bridgehead atoms. The minimum absolute atomic E-state index is 0.209. The molecule has 2 rings (SSSR count). The minimum atomic E-state index is -1.65. The van der Waals surface area contributed by atoms with Gasteiger partial charge in [-0.25, -0.2) is 22.9 Å². The quantitative estimate of drug-likeness (QED) is 0.843. The molecule has 0 aliphatic carbocycles. The van der Waals surface area contributed by atoms with Crippen molar-refractivity contribution in [3.8, 4) is 11.3 Å². The molecule has 0 spiro atoms. The van der Waals surface area contributed by atoms with Gasteiger partial charge in [0.25, 0.3) is 0 Å². The predicted molar refractivity (Wildman–Crippen MR) is 54.4 cm³/mol. The molecule has 0 aliphatic heterocycles. The lowest BCUT2D eigenvalue weighted by Crippen LogP contribution is -1.99.